The summed E-state index contributed by atoms with van der Waals surface area (Å²) in [5.74, 6) is 0. The van der Waals surface area contributed by atoms with Gasteiger partial charge in [0, 0.05) is 0 Å². The topological polar surface area (TPSA) is 58.7 Å². The molecular weight excluding hydrogens is 296 g/mol. The van der Waals surface area contributed by atoms with Crippen molar-refractivity contribution >= 4 is 0 Å². The number of unbranched alkanes of at least 4 members (excludes halogenated alkanes) is 8. The molecule has 0 saturated carbocycles. The lowest BCUT2D eigenvalue weighted by molar-refractivity contribution is -0.929. The van der Waals surface area contributed by atoms with E-state index in [1.165, 1.54) is 113 Å². The van der Waals surface area contributed by atoms with Crippen LogP contribution in [0.15, 0.2) is 0 Å². The van der Waals surface area contributed by atoms with E-state index in [1.807, 2.05) is 0 Å². The third kappa shape index (κ3) is 16.1. The maximum Gasteiger partial charge on any atom is 0.0786 e. The molecule has 24 heavy (non-hydrogen) atoms. The van der Waals surface area contributed by atoms with Crippen LogP contribution in [0.5, 0.6) is 0 Å². The van der Waals surface area contributed by atoms with Gasteiger partial charge < -0.3 is 15.5 Å². The quantitative estimate of drug-likeness (QED) is 0.0922. The minimum atomic E-state index is 1.36. The summed E-state index contributed by atoms with van der Waals surface area (Å²) >= 11 is 0. The van der Waals surface area contributed by atoms with Gasteiger partial charge in [-0.1, -0.05) is 53.4 Å². The van der Waals surface area contributed by atoms with Crippen LogP contribution in [0.4, 0.5) is 0 Å². The Morgan fingerprint density at radius 3 is 0.875 bits per heavy atom. The standard InChI is InChI=1S/C20H44N.N3/c1-5-9-13-17-21(18-14-10-6-2,19-15-11-7-3)20-16-12-8-4;1-3-2/h5-20H2,1-4H3;/q+1;-1. The Balaban J connectivity index is 0. The van der Waals surface area contributed by atoms with Crippen molar-refractivity contribution < 1.29 is 4.48 Å². The summed E-state index contributed by atoms with van der Waals surface area (Å²) in [5.41, 5.74) is 13.5. The molecule has 0 aromatic rings. The average molecular weight is 341 g/mol. The largest absolute Gasteiger partial charge is 0.373 e. The summed E-state index contributed by atoms with van der Waals surface area (Å²) in [4.78, 5) is 1.50. The fourth-order valence-electron chi connectivity index (χ4n) is 3.46. The van der Waals surface area contributed by atoms with Crippen molar-refractivity contribution in [3.63, 3.8) is 0 Å². The SMILES string of the molecule is CCCCC[N+](CCCCC)(CCCCC)CCCCC.[N-]=[N+]=[N-]. The second-order valence-corrected chi connectivity index (χ2v) is 7.15. The fourth-order valence-corrected chi connectivity index (χ4v) is 3.46. The first-order valence-electron chi connectivity index (χ1n) is 10.5. The lowest BCUT2D eigenvalue weighted by atomic mass is 10.1. The average Bonchev–Trinajstić information content (AvgIpc) is 2.56. The van der Waals surface area contributed by atoms with Crippen LogP contribution in [0.1, 0.15) is 105 Å². The number of hydrogen-bond acceptors (Lipinski definition) is 0. The van der Waals surface area contributed by atoms with Crippen molar-refractivity contribution in [2.45, 2.75) is 105 Å². The second-order valence-electron chi connectivity index (χ2n) is 7.15. The first kappa shape index (κ1) is 25.5. The number of hydrogen-bond donors (Lipinski definition) is 0. The molecule has 0 rings (SSSR count). The third-order valence-corrected chi connectivity index (χ3v) is 4.94. The molecule has 0 aromatic carbocycles. The van der Waals surface area contributed by atoms with Gasteiger partial charge in [-0.05, 0) is 51.4 Å². The molecule has 0 aromatic heterocycles. The number of nitrogens with zero attached hydrogens (tertiary/aromatic N) is 4. The van der Waals surface area contributed by atoms with Crippen LogP contribution < -0.4 is 0 Å². The predicted molar refractivity (Wildman–Crippen MR) is 108 cm³/mol. The normalized spacial score (nSPS) is 10.8. The van der Waals surface area contributed by atoms with Crippen LogP contribution in [-0.4, -0.2) is 30.7 Å². The Morgan fingerprint density at radius 2 is 0.708 bits per heavy atom. The zero-order valence-corrected chi connectivity index (χ0v) is 17.1. The van der Waals surface area contributed by atoms with Gasteiger partial charge in [0.15, 0.2) is 0 Å². The summed E-state index contributed by atoms with van der Waals surface area (Å²) in [5, 5.41) is 0. The summed E-state index contributed by atoms with van der Waals surface area (Å²) in [6, 6.07) is 0. The molecule has 0 N–H and O–H groups in total. The van der Waals surface area contributed by atoms with Crippen molar-refractivity contribution in [2.75, 3.05) is 26.2 Å². The van der Waals surface area contributed by atoms with Crippen LogP contribution in [-0.2, 0) is 0 Å². The maximum atomic E-state index is 6.75. The molecule has 0 radical (unpaired) electrons. The van der Waals surface area contributed by atoms with E-state index in [1.54, 1.807) is 0 Å². The maximum absolute atomic E-state index is 6.75. The van der Waals surface area contributed by atoms with Crippen molar-refractivity contribution in [2.24, 2.45) is 0 Å². The van der Waals surface area contributed by atoms with Crippen molar-refractivity contribution in [1.29, 1.82) is 0 Å². The molecule has 0 unspecified atom stereocenters. The third-order valence-electron chi connectivity index (χ3n) is 4.94. The van der Waals surface area contributed by atoms with E-state index in [0.717, 1.165) is 0 Å². The molecule has 144 valence electrons. The molecule has 4 nitrogen and oxygen atoms in total. The highest BCUT2D eigenvalue weighted by Crippen LogP contribution is 2.18. The van der Waals surface area contributed by atoms with E-state index in [0.29, 0.717) is 0 Å². The molecular formula is C20H44N4. The van der Waals surface area contributed by atoms with Gasteiger partial charge in [0.05, 0.1) is 26.2 Å². The predicted octanol–water partition coefficient (Wildman–Crippen LogP) is 7.43. The zero-order chi connectivity index (χ0) is 18.5. The minimum absolute atomic E-state index is 1.36. The van der Waals surface area contributed by atoms with Crippen LogP contribution in [0, 0.1) is 0 Å². The van der Waals surface area contributed by atoms with Gasteiger partial charge in [0.25, 0.3) is 0 Å². The van der Waals surface area contributed by atoms with Crippen LogP contribution in [0.25, 0.3) is 16.0 Å². The van der Waals surface area contributed by atoms with Gasteiger partial charge in [0.1, 0.15) is 0 Å². The molecule has 0 aliphatic heterocycles. The molecule has 0 aliphatic carbocycles. The van der Waals surface area contributed by atoms with E-state index in [-0.39, 0.29) is 0 Å². The molecule has 0 amide bonds. The van der Waals surface area contributed by atoms with Gasteiger partial charge >= 0.3 is 0 Å². The lowest BCUT2D eigenvalue weighted by Gasteiger charge is -2.39. The van der Waals surface area contributed by atoms with Gasteiger partial charge in [-0.25, -0.2) is 0 Å². The second kappa shape index (κ2) is 20.3. The molecule has 0 fully saturated rings. The highest BCUT2D eigenvalue weighted by Gasteiger charge is 2.25. The molecule has 0 bridgehead atoms. The highest BCUT2D eigenvalue weighted by atomic mass is 15.3. The van der Waals surface area contributed by atoms with E-state index in [9.17, 15) is 0 Å². The monoisotopic (exact) mass is 340 g/mol. The van der Waals surface area contributed by atoms with Crippen LogP contribution >= 0.6 is 0 Å². The first-order valence-corrected chi connectivity index (χ1v) is 10.5. The number of quaternary nitrogens is 1. The van der Waals surface area contributed by atoms with Crippen molar-refractivity contribution in [3.05, 3.63) is 16.0 Å². The van der Waals surface area contributed by atoms with Gasteiger partial charge in [0.2, 0.25) is 0 Å². The van der Waals surface area contributed by atoms with Crippen LogP contribution in [0.3, 0.4) is 0 Å². The van der Waals surface area contributed by atoms with E-state index in [2.05, 4.69) is 27.7 Å². The van der Waals surface area contributed by atoms with Crippen molar-refractivity contribution in [1.82, 2.24) is 0 Å². The molecule has 0 aliphatic rings. The first-order chi connectivity index (χ1) is 11.7. The number of rotatable bonds is 16. The van der Waals surface area contributed by atoms with E-state index in [4.69, 9.17) is 11.1 Å². The summed E-state index contributed by atoms with van der Waals surface area (Å²) < 4.78 is 1.44. The lowest BCUT2D eigenvalue weighted by Crippen LogP contribution is -2.50. The van der Waals surface area contributed by atoms with E-state index < -0.39 is 0 Å². The summed E-state index contributed by atoms with van der Waals surface area (Å²) in [7, 11) is 0. The van der Waals surface area contributed by atoms with E-state index >= 15 is 0 Å². The molecule has 0 spiro atoms. The Kier molecular flexibility index (Phi) is 21.6. The smallest absolute Gasteiger partial charge is 0.0786 e. The van der Waals surface area contributed by atoms with Gasteiger partial charge in [-0.15, -0.1) is 0 Å². The molecule has 0 heterocycles. The van der Waals surface area contributed by atoms with Crippen molar-refractivity contribution in [3.8, 4) is 0 Å². The summed E-state index contributed by atoms with van der Waals surface area (Å²) in [6.07, 6.45) is 16.9. The minimum Gasteiger partial charge on any atom is -0.373 e. The fraction of sp³-hybridized carbons (Fsp3) is 1.00. The van der Waals surface area contributed by atoms with Gasteiger partial charge in [-0.3, -0.25) is 4.91 Å². The zero-order valence-electron chi connectivity index (χ0n) is 17.1. The Morgan fingerprint density at radius 1 is 0.500 bits per heavy atom. The molecule has 4 heteroatoms. The molecule has 0 atom stereocenters. The van der Waals surface area contributed by atoms with Crippen LogP contribution in [0.2, 0.25) is 0 Å². The summed E-state index contributed by atoms with van der Waals surface area (Å²) in [6.45, 7) is 15.1. The Labute approximate surface area is 152 Å². The highest BCUT2D eigenvalue weighted by molar-refractivity contribution is 4.51. The molecule has 0 saturated heterocycles. The Hall–Kier alpha value is -0.730. The van der Waals surface area contributed by atoms with Gasteiger partial charge in [-0.2, -0.15) is 0 Å². The Bertz CT molecular complexity index is 227.